The Kier molecular flexibility index (Phi) is 6.09. The van der Waals surface area contributed by atoms with E-state index < -0.39 is 0 Å². The highest BCUT2D eigenvalue weighted by Gasteiger charge is 2.41. The lowest BCUT2D eigenvalue weighted by Gasteiger charge is -2.19. The molecule has 2 aromatic rings. The number of hydrogen-bond acceptors (Lipinski definition) is 5. The van der Waals surface area contributed by atoms with Crippen LogP contribution in [0.15, 0.2) is 53.4 Å². The first-order valence-electron chi connectivity index (χ1n) is 9.13. The van der Waals surface area contributed by atoms with Crippen LogP contribution in [0.5, 0.6) is 11.5 Å². The van der Waals surface area contributed by atoms with E-state index in [1.54, 1.807) is 49.6 Å². The van der Waals surface area contributed by atoms with Crippen molar-refractivity contribution in [3.05, 3.63) is 59.0 Å². The van der Waals surface area contributed by atoms with Gasteiger partial charge in [-0.15, -0.1) is 11.8 Å². The fourth-order valence-electron chi connectivity index (χ4n) is 3.01. The molecule has 3 rings (SSSR count). The molecular formula is C22H23NO4S. The van der Waals surface area contributed by atoms with Gasteiger partial charge < -0.3 is 9.47 Å². The molecule has 1 aliphatic heterocycles. The molecule has 6 heteroatoms. The molecule has 0 radical (unpaired) electrons. The van der Waals surface area contributed by atoms with E-state index in [0.29, 0.717) is 39.8 Å². The highest BCUT2D eigenvalue weighted by atomic mass is 32.2. The standard InChI is InChI=1S/C22H23NO4S/c1-5-27-18-9-7-6-8-17(18)23-21(24)19(20(22(23)25)28-14(2)3)15-10-12-16(26-4)13-11-15/h6-14H,5H2,1-4H3. The summed E-state index contributed by atoms with van der Waals surface area (Å²) in [6, 6.07) is 14.3. The van der Waals surface area contributed by atoms with Gasteiger partial charge in [-0.25, -0.2) is 4.90 Å². The Hall–Kier alpha value is -2.73. The maximum Gasteiger partial charge on any atom is 0.272 e. The van der Waals surface area contributed by atoms with Gasteiger partial charge in [0.05, 0.1) is 29.9 Å². The maximum atomic E-state index is 13.4. The van der Waals surface area contributed by atoms with Gasteiger partial charge in [-0.05, 0) is 36.8 Å². The molecule has 1 heterocycles. The van der Waals surface area contributed by atoms with Gasteiger partial charge in [0.15, 0.2) is 0 Å². The third-order valence-corrected chi connectivity index (χ3v) is 5.27. The number of methoxy groups -OCH3 is 1. The van der Waals surface area contributed by atoms with Gasteiger partial charge in [-0.2, -0.15) is 0 Å². The molecule has 0 bridgehead atoms. The van der Waals surface area contributed by atoms with Gasteiger partial charge in [0, 0.05) is 5.25 Å². The first-order valence-corrected chi connectivity index (χ1v) is 10.0. The first kappa shape index (κ1) is 20.0. The van der Waals surface area contributed by atoms with Crippen LogP contribution in [0.3, 0.4) is 0 Å². The number of benzene rings is 2. The van der Waals surface area contributed by atoms with Crippen molar-refractivity contribution < 1.29 is 19.1 Å². The van der Waals surface area contributed by atoms with Crippen LogP contribution in [0.25, 0.3) is 5.57 Å². The highest BCUT2D eigenvalue weighted by Crippen LogP contribution is 2.42. The molecular weight excluding hydrogens is 374 g/mol. The van der Waals surface area contributed by atoms with Crippen molar-refractivity contribution in [1.82, 2.24) is 0 Å². The minimum Gasteiger partial charge on any atom is -0.497 e. The molecule has 5 nitrogen and oxygen atoms in total. The topological polar surface area (TPSA) is 55.8 Å². The van der Waals surface area contributed by atoms with Gasteiger partial charge >= 0.3 is 0 Å². The second-order valence-electron chi connectivity index (χ2n) is 6.45. The van der Waals surface area contributed by atoms with Crippen molar-refractivity contribution in [1.29, 1.82) is 0 Å². The molecule has 0 spiro atoms. The molecule has 0 aliphatic carbocycles. The number of anilines is 1. The summed E-state index contributed by atoms with van der Waals surface area (Å²) >= 11 is 1.40. The smallest absolute Gasteiger partial charge is 0.272 e. The lowest BCUT2D eigenvalue weighted by atomic mass is 10.1. The number of carbonyl (C=O) groups excluding carboxylic acids is 2. The van der Waals surface area contributed by atoms with E-state index in [2.05, 4.69) is 0 Å². The zero-order valence-corrected chi connectivity index (χ0v) is 17.2. The van der Waals surface area contributed by atoms with Crippen molar-refractivity contribution in [3.8, 4) is 11.5 Å². The summed E-state index contributed by atoms with van der Waals surface area (Å²) in [6.07, 6.45) is 0. The Morgan fingerprint density at radius 3 is 2.29 bits per heavy atom. The number of hydrogen-bond donors (Lipinski definition) is 0. The minimum atomic E-state index is -0.342. The number of rotatable bonds is 7. The quantitative estimate of drug-likeness (QED) is 0.643. The summed E-state index contributed by atoms with van der Waals surface area (Å²) in [7, 11) is 1.59. The Balaban J connectivity index is 2.09. The number of imide groups is 1. The van der Waals surface area contributed by atoms with Crippen LogP contribution in [0, 0.1) is 0 Å². The minimum absolute atomic E-state index is 0.155. The highest BCUT2D eigenvalue weighted by molar-refractivity contribution is 8.04. The van der Waals surface area contributed by atoms with Gasteiger partial charge in [0.25, 0.3) is 11.8 Å². The van der Waals surface area contributed by atoms with E-state index >= 15 is 0 Å². The van der Waals surface area contributed by atoms with Gasteiger partial charge in [-0.1, -0.05) is 38.1 Å². The first-order chi connectivity index (χ1) is 13.5. The summed E-state index contributed by atoms with van der Waals surface area (Å²) in [5.41, 5.74) is 1.57. The molecule has 28 heavy (non-hydrogen) atoms. The van der Waals surface area contributed by atoms with Gasteiger partial charge in [0.2, 0.25) is 0 Å². The Morgan fingerprint density at radius 1 is 1.00 bits per heavy atom. The van der Waals surface area contributed by atoms with Crippen molar-refractivity contribution in [3.63, 3.8) is 0 Å². The lowest BCUT2D eigenvalue weighted by molar-refractivity contribution is -0.119. The number of ether oxygens (including phenoxy) is 2. The average molecular weight is 397 g/mol. The van der Waals surface area contributed by atoms with Crippen molar-refractivity contribution >= 4 is 34.8 Å². The molecule has 2 amide bonds. The van der Waals surface area contributed by atoms with E-state index in [1.807, 2.05) is 26.8 Å². The molecule has 0 fully saturated rings. The molecule has 0 saturated heterocycles. The molecule has 0 aromatic heterocycles. The normalized spacial score (nSPS) is 14.2. The third kappa shape index (κ3) is 3.78. The molecule has 0 N–H and O–H groups in total. The number of amides is 2. The summed E-state index contributed by atoms with van der Waals surface area (Å²) in [5, 5.41) is 0.155. The zero-order valence-electron chi connectivity index (χ0n) is 16.4. The van der Waals surface area contributed by atoms with Crippen molar-refractivity contribution in [2.75, 3.05) is 18.6 Å². The van der Waals surface area contributed by atoms with E-state index in [-0.39, 0.29) is 17.1 Å². The van der Waals surface area contributed by atoms with Gasteiger partial charge in [0.1, 0.15) is 11.5 Å². The molecule has 2 aromatic carbocycles. The maximum absolute atomic E-state index is 13.4. The number of nitrogens with zero attached hydrogens (tertiary/aromatic N) is 1. The van der Waals surface area contributed by atoms with Crippen LogP contribution in [-0.2, 0) is 9.59 Å². The summed E-state index contributed by atoms with van der Waals surface area (Å²) < 4.78 is 10.8. The molecule has 146 valence electrons. The second-order valence-corrected chi connectivity index (χ2v) is 8.03. The summed E-state index contributed by atoms with van der Waals surface area (Å²) in [4.78, 5) is 28.3. The van der Waals surface area contributed by atoms with E-state index in [0.717, 1.165) is 0 Å². The molecule has 0 saturated carbocycles. The zero-order chi connectivity index (χ0) is 20.3. The van der Waals surface area contributed by atoms with E-state index in [1.165, 1.54) is 16.7 Å². The Morgan fingerprint density at radius 2 is 1.68 bits per heavy atom. The predicted octanol–water partition coefficient (Wildman–Crippen LogP) is 4.52. The van der Waals surface area contributed by atoms with Crippen LogP contribution in [0.1, 0.15) is 26.3 Å². The van der Waals surface area contributed by atoms with Crippen LogP contribution in [-0.4, -0.2) is 30.8 Å². The Bertz CT molecular complexity index is 918. The fraction of sp³-hybridized carbons (Fsp3) is 0.273. The molecule has 0 unspecified atom stereocenters. The lowest BCUT2D eigenvalue weighted by Crippen LogP contribution is -2.31. The molecule has 1 aliphatic rings. The van der Waals surface area contributed by atoms with Crippen molar-refractivity contribution in [2.45, 2.75) is 26.0 Å². The van der Waals surface area contributed by atoms with Gasteiger partial charge in [-0.3, -0.25) is 9.59 Å². The molecule has 0 atom stereocenters. The van der Waals surface area contributed by atoms with E-state index in [4.69, 9.17) is 9.47 Å². The second kappa shape index (κ2) is 8.52. The van der Waals surface area contributed by atoms with Crippen LogP contribution < -0.4 is 14.4 Å². The largest absolute Gasteiger partial charge is 0.497 e. The SMILES string of the molecule is CCOc1ccccc1N1C(=O)C(SC(C)C)=C(c2ccc(OC)cc2)C1=O. The number of carbonyl (C=O) groups is 2. The van der Waals surface area contributed by atoms with Crippen LogP contribution in [0.2, 0.25) is 0 Å². The number of thioether (sulfide) groups is 1. The van der Waals surface area contributed by atoms with Crippen molar-refractivity contribution in [2.24, 2.45) is 0 Å². The van der Waals surface area contributed by atoms with Crippen LogP contribution >= 0.6 is 11.8 Å². The third-order valence-electron chi connectivity index (χ3n) is 4.18. The summed E-state index contributed by atoms with van der Waals surface area (Å²) in [6.45, 7) is 6.31. The van der Waals surface area contributed by atoms with E-state index in [9.17, 15) is 9.59 Å². The average Bonchev–Trinajstić information content (AvgIpc) is 2.92. The number of para-hydroxylation sites is 2. The Labute approximate surface area is 169 Å². The monoisotopic (exact) mass is 397 g/mol. The fourth-order valence-corrected chi connectivity index (χ4v) is 3.99. The predicted molar refractivity (Wildman–Crippen MR) is 113 cm³/mol. The van der Waals surface area contributed by atoms with Crippen LogP contribution in [0.4, 0.5) is 5.69 Å². The summed E-state index contributed by atoms with van der Waals surface area (Å²) in [5.74, 6) is 0.543.